The molecule has 0 radical (unpaired) electrons. The summed E-state index contributed by atoms with van der Waals surface area (Å²) >= 11 is 0. The number of hydrogen-bond acceptors (Lipinski definition) is 6. The van der Waals surface area contributed by atoms with E-state index in [1.165, 1.54) is 18.2 Å². The van der Waals surface area contributed by atoms with Crippen molar-refractivity contribution < 1.29 is 28.7 Å². The Hall–Kier alpha value is -4.01. The minimum atomic E-state index is -0.860. The van der Waals surface area contributed by atoms with E-state index in [-0.39, 0.29) is 22.6 Å². The summed E-state index contributed by atoms with van der Waals surface area (Å²) in [6.07, 6.45) is 0. The van der Waals surface area contributed by atoms with E-state index in [0.29, 0.717) is 12.2 Å². The third kappa shape index (κ3) is 5.25. The molecular formula is C24H25N3O6. The largest absolute Gasteiger partial charge is 0.452 e. The predicted molar refractivity (Wildman–Crippen MR) is 120 cm³/mol. The zero-order valence-corrected chi connectivity index (χ0v) is 18.9. The molecule has 0 atom stereocenters. The number of hydrogen-bond donors (Lipinski definition) is 2. The molecule has 2 aromatic rings. The summed E-state index contributed by atoms with van der Waals surface area (Å²) < 4.78 is 4.94. The number of carbonyl (C=O) groups is 5. The molecular weight excluding hydrogens is 426 g/mol. The van der Waals surface area contributed by atoms with Crippen LogP contribution in [0, 0.1) is 19.8 Å². The van der Waals surface area contributed by atoms with Crippen molar-refractivity contribution in [2.75, 3.05) is 18.1 Å². The molecule has 0 saturated carbocycles. The normalized spacial score (nSPS) is 12.6. The number of aryl methyl sites for hydroxylation is 2. The number of imide groups is 2. The maximum Gasteiger partial charge on any atom is 0.338 e. The Bertz CT molecular complexity index is 1150. The van der Waals surface area contributed by atoms with Crippen LogP contribution < -0.4 is 15.5 Å². The second-order valence-electron chi connectivity index (χ2n) is 8.22. The average molecular weight is 451 g/mol. The van der Waals surface area contributed by atoms with E-state index >= 15 is 0 Å². The van der Waals surface area contributed by atoms with Crippen LogP contribution in [0.15, 0.2) is 36.4 Å². The summed E-state index contributed by atoms with van der Waals surface area (Å²) in [7, 11) is 0. The molecule has 2 aromatic carbocycles. The van der Waals surface area contributed by atoms with Crippen LogP contribution in [-0.2, 0) is 9.53 Å². The maximum atomic E-state index is 13.0. The van der Waals surface area contributed by atoms with Crippen molar-refractivity contribution in [1.82, 2.24) is 10.6 Å². The zero-order valence-electron chi connectivity index (χ0n) is 18.9. The highest BCUT2D eigenvalue weighted by atomic mass is 16.5. The first-order chi connectivity index (χ1) is 15.6. The van der Waals surface area contributed by atoms with Gasteiger partial charge in [-0.3, -0.25) is 19.7 Å². The van der Waals surface area contributed by atoms with E-state index in [0.717, 1.165) is 16.0 Å². The molecule has 0 bridgehead atoms. The maximum absolute atomic E-state index is 13.0. The van der Waals surface area contributed by atoms with Gasteiger partial charge in [0, 0.05) is 6.54 Å². The Morgan fingerprint density at radius 1 is 0.970 bits per heavy atom. The van der Waals surface area contributed by atoms with Gasteiger partial charge in [0.05, 0.1) is 22.4 Å². The van der Waals surface area contributed by atoms with Crippen molar-refractivity contribution in [2.45, 2.75) is 27.7 Å². The molecule has 0 fully saturated rings. The number of ether oxygens (including phenoxy) is 1. The van der Waals surface area contributed by atoms with Crippen molar-refractivity contribution in [2.24, 2.45) is 5.92 Å². The number of rotatable bonds is 6. The van der Waals surface area contributed by atoms with Gasteiger partial charge >= 0.3 is 12.0 Å². The number of benzene rings is 2. The number of carbonyl (C=O) groups excluding carboxylic acids is 5. The third-order valence-electron chi connectivity index (χ3n) is 4.99. The van der Waals surface area contributed by atoms with E-state index in [9.17, 15) is 24.0 Å². The molecule has 9 nitrogen and oxygen atoms in total. The SMILES string of the molecule is Cc1ccc(C)c(N2C(=O)c3ccc(C(=O)OCC(=O)NC(=O)NCC(C)C)cc3C2=O)c1. The molecule has 9 heteroatoms. The molecule has 33 heavy (non-hydrogen) atoms. The van der Waals surface area contributed by atoms with Crippen LogP contribution in [-0.4, -0.2) is 42.9 Å². The number of esters is 1. The lowest BCUT2D eigenvalue weighted by molar-refractivity contribution is -0.123. The molecule has 1 heterocycles. The Labute approximate surface area is 191 Å². The minimum absolute atomic E-state index is 0.00905. The molecule has 0 aromatic heterocycles. The molecule has 5 amide bonds. The van der Waals surface area contributed by atoms with Crippen molar-refractivity contribution in [1.29, 1.82) is 0 Å². The molecule has 0 spiro atoms. The van der Waals surface area contributed by atoms with Gasteiger partial charge in [0.2, 0.25) is 0 Å². The fourth-order valence-corrected chi connectivity index (χ4v) is 3.27. The standard InChI is InChI=1S/C24H25N3O6/c1-13(2)11-25-24(32)26-20(28)12-33-23(31)16-7-8-17-18(10-16)22(30)27(21(17)29)19-9-14(3)5-6-15(19)4/h5-10,13H,11-12H2,1-4H3,(H2,25,26,28,32). The first kappa shape index (κ1) is 23.6. The quantitative estimate of drug-likeness (QED) is 0.514. The molecule has 1 aliphatic heterocycles. The topological polar surface area (TPSA) is 122 Å². The molecule has 2 N–H and O–H groups in total. The van der Waals surface area contributed by atoms with Gasteiger partial charge in [-0.05, 0) is 55.2 Å². The number of anilines is 1. The number of urea groups is 1. The summed E-state index contributed by atoms with van der Waals surface area (Å²) in [5.41, 5.74) is 2.41. The van der Waals surface area contributed by atoms with Crippen LogP contribution in [0.2, 0.25) is 0 Å². The van der Waals surface area contributed by atoms with Crippen LogP contribution in [0.25, 0.3) is 0 Å². The lowest BCUT2D eigenvalue weighted by Crippen LogP contribution is -2.42. The van der Waals surface area contributed by atoms with Crippen molar-refractivity contribution >= 4 is 35.4 Å². The smallest absolute Gasteiger partial charge is 0.338 e. The number of amides is 5. The van der Waals surface area contributed by atoms with Gasteiger partial charge in [0.25, 0.3) is 17.7 Å². The summed E-state index contributed by atoms with van der Waals surface area (Å²) in [6, 6.07) is 8.79. The van der Waals surface area contributed by atoms with Crippen LogP contribution in [0.4, 0.5) is 10.5 Å². The van der Waals surface area contributed by atoms with Crippen LogP contribution >= 0.6 is 0 Å². The average Bonchev–Trinajstić information content (AvgIpc) is 3.02. The molecule has 0 aliphatic carbocycles. The van der Waals surface area contributed by atoms with Gasteiger partial charge in [-0.25, -0.2) is 14.5 Å². The predicted octanol–water partition coefficient (Wildman–Crippen LogP) is 2.74. The highest BCUT2D eigenvalue weighted by Gasteiger charge is 2.38. The molecule has 3 rings (SSSR count). The second kappa shape index (κ2) is 9.64. The monoisotopic (exact) mass is 451 g/mol. The van der Waals surface area contributed by atoms with Crippen molar-refractivity contribution in [3.63, 3.8) is 0 Å². The van der Waals surface area contributed by atoms with Gasteiger partial charge in [0.1, 0.15) is 0 Å². The fourth-order valence-electron chi connectivity index (χ4n) is 3.27. The highest BCUT2D eigenvalue weighted by molar-refractivity contribution is 6.35. The highest BCUT2D eigenvalue weighted by Crippen LogP contribution is 2.31. The van der Waals surface area contributed by atoms with Crippen LogP contribution in [0.3, 0.4) is 0 Å². The second-order valence-corrected chi connectivity index (χ2v) is 8.22. The molecule has 0 saturated heterocycles. The number of nitrogens with zero attached hydrogens (tertiary/aromatic N) is 1. The van der Waals surface area contributed by atoms with E-state index in [2.05, 4.69) is 10.6 Å². The van der Waals surface area contributed by atoms with Crippen molar-refractivity contribution in [3.05, 3.63) is 64.2 Å². The summed E-state index contributed by atoms with van der Waals surface area (Å²) in [5, 5.41) is 4.57. The first-order valence-corrected chi connectivity index (χ1v) is 10.4. The Morgan fingerprint density at radius 3 is 2.36 bits per heavy atom. The molecule has 0 unspecified atom stereocenters. The van der Waals surface area contributed by atoms with E-state index in [4.69, 9.17) is 4.74 Å². The van der Waals surface area contributed by atoms with Gasteiger partial charge in [-0.2, -0.15) is 0 Å². The van der Waals surface area contributed by atoms with Crippen molar-refractivity contribution in [3.8, 4) is 0 Å². The summed E-state index contributed by atoms with van der Waals surface area (Å²) in [5.74, 6) is -2.46. The zero-order chi connectivity index (χ0) is 24.3. The van der Waals surface area contributed by atoms with Gasteiger partial charge in [-0.1, -0.05) is 26.0 Å². The van der Waals surface area contributed by atoms with E-state index in [1.54, 1.807) is 13.0 Å². The molecule has 1 aliphatic rings. The van der Waals surface area contributed by atoms with Crippen LogP contribution in [0.5, 0.6) is 0 Å². The number of nitrogens with one attached hydrogen (secondary N) is 2. The van der Waals surface area contributed by atoms with Crippen LogP contribution in [0.1, 0.15) is 56.0 Å². The Kier molecular flexibility index (Phi) is 6.91. The van der Waals surface area contributed by atoms with Gasteiger partial charge < -0.3 is 10.1 Å². The first-order valence-electron chi connectivity index (χ1n) is 10.4. The summed E-state index contributed by atoms with van der Waals surface area (Å²) in [6.45, 7) is 7.18. The van der Waals surface area contributed by atoms with Gasteiger partial charge in [-0.15, -0.1) is 0 Å². The van der Waals surface area contributed by atoms with E-state index < -0.39 is 36.3 Å². The lowest BCUT2D eigenvalue weighted by atomic mass is 10.1. The number of fused-ring (bicyclic) bond motifs is 1. The Morgan fingerprint density at radius 2 is 1.67 bits per heavy atom. The summed E-state index contributed by atoms with van der Waals surface area (Å²) in [4.78, 5) is 62.7. The Balaban J connectivity index is 1.68. The minimum Gasteiger partial charge on any atom is -0.452 e. The van der Waals surface area contributed by atoms with Gasteiger partial charge in [0.15, 0.2) is 6.61 Å². The third-order valence-corrected chi connectivity index (χ3v) is 4.99. The van der Waals surface area contributed by atoms with E-state index in [1.807, 2.05) is 32.9 Å². The lowest BCUT2D eigenvalue weighted by Gasteiger charge is -2.17. The molecule has 172 valence electrons. The fraction of sp³-hybridized carbons (Fsp3) is 0.292.